The molecule has 1 aromatic carbocycles. The summed E-state index contributed by atoms with van der Waals surface area (Å²) in [5.74, 6) is -1.88. The second kappa shape index (κ2) is 7.30. The summed E-state index contributed by atoms with van der Waals surface area (Å²) in [4.78, 5) is 15.1. The van der Waals surface area contributed by atoms with Gasteiger partial charge in [0.25, 0.3) is 11.0 Å². The van der Waals surface area contributed by atoms with Gasteiger partial charge in [0.1, 0.15) is 11.3 Å². The number of alkyl halides is 3. The number of carbonyl (C=O) groups excluding carboxylic acids is 1. The van der Waals surface area contributed by atoms with Crippen LogP contribution >= 0.6 is 11.5 Å². The molecule has 128 valence electrons. The maximum absolute atomic E-state index is 12.5. The highest BCUT2D eigenvalue weighted by Gasteiger charge is 2.36. The average Bonchev–Trinajstić information content (AvgIpc) is 3.01. The zero-order chi connectivity index (χ0) is 17.7. The minimum Gasteiger partial charge on any atom is -0.503 e. The molecule has 0 radical (unpaired) electrons. The molecule has 2 rings (SSSR count). The van der Waals surface area contributed by atoms with E-state index in [1.165, 1.54) is 26.4 Å². The lowest BCUT2D eigenvalue weighted by atomic mass is 10.1. The van der Waals surface area contributed by atoms with Crippen LogP contribution in [0.3, 0.4) is 0 Å². The zero-order valence-electron chi connectivity index (χ0n) is 12.5. The van der Waals surface area contributed by atoms with Crippen LogP contribution in [0, 0.1) is 0 Å². The largest absolute Gasteiger partial charge is 0.503 e. The maximum atomic E-state index is 12.5. The van der Waals surface area contributed by atoms with E-state index in [9.17, 15) is 18.0 Å². The van der Waals surface area contributed by atoms with Crippen molar-refractivity contribution in [2.45, 2.75) is 6.18 Å². The zero-order valence-corrected chi connectivity index (χ0v) is 13.3. The Morgan fingerprint density at radius 2 is 1.96 bits per heavy atom. The SMILES string of the molecule is COC=C(C(=O)OC)c1ccccc1Oc1nc(C(F)(F)F)ns1. The second-order valence-electron chi connectivity index (χ2n) is 4.24. The van der Waals surface area contributed by atoms with Crippen molar-refractivity contribution >= 4 is 23.1 Å². The first kappa shape index (κ1) is 17.7. The van der Waals surface area contributed by atoms with Crippen LogP contribution in [0.1, 0.15) is 11.4 Å². The second-order valence-corrected chi connectivity index (χ2v) is 4.95. The number of hydrogen-bond donors (Lipinski definition) is 0. The number of halogens is 3. The number of carbonyl (C=O) groups is 1. The highest BCUT2D eigenvalue weighted by atomic mass is 32.1. The molecule has 0 unspecified atom stereocenters. The molecule has 0 aliphatic heterocycles. The number of nitrogens with zero attached hydrogens (tertiary/aromatic N) is 2. The third-order valence-corrected chi connectivity index (χ3v) is 3.27. The lowest BCUT2D eigenvalue weighted by Crippen LogP contribution is -2.07. The standard InChI is InChI=1S/C14H11F3N2O4S/c1-21-7-9(11(20)22-2)8-5-3-4-6-10(8)23-13-18-12(19-24-13)14(15,16)17/h3-7H,1-2H3. The first-order chi connectivity index (χ1) is 11.4. The fraction of sp³-hybridized carbons (Fsp3) is 0.214. The topological polar surface area (TPSA) is 70.5 Å². The Morgan fingerprint density at radius 3 is 2.54 bits per heavy atom. The molecule has 2 aromatic rings. The highest BCUT2D eigenvalue weighted by Crippen LogP contribution is 2.34. The first-order valence-corrected chi connectivity index (χ1v) is 7.13. The molecular weight excluding hydrogens is 349 g/mol. The predicted octanol–water partition coefficient (Wildman–Crippen LogP) is 3.51. The number of para-hydroxylation sites is 1. The number of aromatic nitrogens is 2. The summed E-state index contributed by atoms with van der Waals surface area (Å²) in [5, 5.41) is -0.309. The molecule has 0 fully saturated rings. The number of esters is 1. The van der Waals surface area contributed by atoms with Crippen LogP contribution < -0.4 is 4.74 Å². The van der Waals surface area contributed by atoms with E-state index in [4.69, 9.17) is 9.47 Å². The minimum absolute atomic E-state index is 0.0381. The fourth-order valence-corrected chi connectivity index (χ4v) is 2.25. The normalized spacial score (nSPS) is 12.0. The summed E-state index contributed by atoms with van der Waals surface area (Å²) in [5.41, 5.74) is 0.311. The van der Waals surface area contributed by atoms with Crippen molar-refractivity contribution < 1.29 is 32.2 Å². The highest BCUT2D eigenvalue weighted by molar-refractivity contribution is 7.07. The number of rotatable bonds is 5. The fourth-order valence-electron chi connectivity index (χ4n) is 1.69. The summed E-state index contributed by atoms with van der Waals surface area (Å²) >= 11 is 0.449. The van der Waals surface area contributed by atoms with Crippen LogP contribution in [0.2, 0.25) is 0 Å². The Labute approximate surface area is 138 Å². The van der Waals surface area contributed by atoms with E-state index in [2.05, 4.69) is 14.1 Å². The van der Waals surface area contributed by atoms with Crippen LogP contribution in [-0.4, -0.2) is 29.5 Å². The van der Waals surface area contributed by atoms with Gasteiger partial charge in [0.2, 0.25) is 0 Å². The predicted molar refractivity (Wildman–Crippen MR) is 78.4 cm³/mol. The Kier molecular flexibility index (Phi) is 5.39. The molecule has 0 atom stereocenters. The van der Waals surface area contributed by atoms with Gasteiger partial charge in [0.05, 0.1) is 20.5 Å². The van der Waals surface area contributed by atoms with Gasteiger partial charge in [-0.3, -0.25) is 0 Å². The summed E-state index contributed by atoms with van der Waals surface area (Å²) in [6.45, 7) is 0. The number of methoxy groups -OCH3 is 2. The quantitative estimate of drug-likeness (QED) is 0.462. The number of hydrogen-bond acceptors (Lipinski definition) is 7. The van der Waals surface area contributed by atoms with E-state index in [1.54, 1.807) is 12.1 Å². The molecule has 0 N–H and O–H groups in total. The summed E-state index contributed by atoms with van der Waals surface area (Å²) in [7, 11) is 2.53. The average molecular weight is 360 g/mol. The molecule has 0 saturated heterocycles. The molecule has 0 aliphatic carbocycles. The van der Waals surface area contributed by atoms with Gasteiger partial charge >= 0.3 is 12.1 Å². The molecule has 0 bridgehead atoms. The van der Waals surface area contributed by atoms with Crippen molar-refractivity contribution in [2.24, 2.45) is 0 Å². The molecule has 0 aliphatic rings. The maximum Gasteiger partial charge on any atom is 0.452 e. The van der Waals surface area contributed by atoms with Crippen LogP contribution in [0.25, 0.3) is 5.57 Å². The summed E-state index contributed by atoms with van der Waals surface area (Å²) in [6, 6.07) is 6.21. The van der Waals surface area contributed by atoms with Gasteiger partial charge in [-0.05, 0) is 6.07 Å². The van der Waals surface area contributed by atoms with Crippen molar-refractivity contribution in [1.82, 2.24) is 9.36 Å². The van der Waals surface area contributed by atoms with Gasteiger partial charge in [-0.1, -0.05) is 18.2 Å². The van der Waals surface area contributed by atoms with Crippen LogP contribution in [0.15, 0.2) is 30.5 Å². The van der Waals surface area contributed by atoms with Crippen LogP contribution in [-0.2, 0) is 20.4 Å². The Morgan fingerprint density at radius 1 is 1.25 bits per heavy atom. The van der Waals surface area contributed by atoms with E-state index < -0.39 is 18.0 Å². The molecule has 24 heavy (non-hydrogen) atoms. The van der Waals surface area contributed by atoms with Crippen LogP contribution in [0.5, 0.6) is 10.9 Å². The van der Waals surface area contributed by atoms with E-state index in [0.29, 0.717) is 11.5 Å². The molecular formula is C14H11F3N2O4S. The Hall–Kier alpha value is -2.62. The van der Waals surface area contributed by atoms with E-state index in [1.807, 2.05) is 0 Å². The lowest BCUT2D eigenvalue weighted by molar-refractivity contribution is -0.144. The van der Waals surface area contributed by atoms with E-state index >= 15 is 0 Å². The van der Waals surface area contributed by atoms with E-state index in [-0.39, 0.29) is 22.1 Å². The van der Waals surface area contributed by atoms with Crippen molar-refractivity contribution in [3.8, 4) is 10.9 Å². The smallest absolute Gasteiger partial charge is 0.452 e. The van der Waals surface area contributed by atoms with Gasteiger partial charge in [-0.2, -0.15) is 22.5 Å². The van der Waals surface area contributed by atoms with Gasteiger partial charge in [0.15, 0.2) is 0 Å². The number of ether oxygens (including phenoxy) is 3. The molecule has 1 heterocycles. The van der Waals surface area contributed by atoms with Gasteiger partial charge in [-0.15, -0.1) is 0 Å². The van der Waals surface area contributed by atoms with Gasteiger partial charge in [-0.25, -0.2) is 4.79 Å². The van der Waals surface area contributed by atoms with Gasteiger partial charge < -0.3 is 14.2 Å². The summed E-state index contributed by atoms with van der Waals surface area (Å²) < 4.78 is 55.7. The Bertz CT molecular complexity index is 758. The van der Waals surface area contributed by atoms with Crippen molar-refractivity contribution in [1.29, 1.82) is 0 Å². The molecule has 0 amide bonds. The lowest BCUT2D eigenvalue weighted by Gasteiger charge is -2.10. The minimum atomic E-state index is -4.66. The third-order valence-electron chi connectivity index (χ3n) is 2.68. The molecule has 0 saturated carbocycles. The third kappa shape index (κ3) is 4.02. The van der Waals surface area contributed by atoms with Crippen LogP contribution in [0.4, 0.5) is 13.2 Å². The van der Waals surface area contributed by atoms with Crippen molar-refractivity contribution in [2.75, 3.05) is 14.2 Å². The molecule has 0 spiro atoms. The summed E-state index contributed by atoms with van der Waals surface area (Å²) in [6.07, 6.45) is -3.51. The van der Waals surface area contributed by atoms with Crippen molar-refractivity contribution in [3.63, 3.8) is 0 Å². The van der Waals surface area contributed by atoms with Crippen molar-refractivity contribution in [3.05, 3.63) is 41.9 Å². The molecule has 6 nitrogen and oxygen atoms in total. The molecule has 10 heteroatoms. The monoisotopic (exact) mass is 360 g/mol. The number of benzene rings is 1. The Balaban J connectivity index is 2.37. The van der Waals surface area contributed by atoms with E-state index in [0.717, 1.165) is 6.26 Å². The van der Waals surface area contributed by atoms with Gasteiger partial charge in [0, 0.05) is 17.1 Å². The first-order valence-electron chi connectivity index (χ1n) is 6.36. The molecule has 1 aromatic heterocycles.